The summed E-state index contributed by atoms with van der Waals surface area (Å²) in [6.07, 6.45) is 2.42. The molecule has 0 radical (unpaired) electrons. The third-order valence-electron chi connectivity index (χ3n) is 4.48. The van der Waals surface area contributed by atoms with Gasteiger partial charge in [-0.05, 0) is 62.5 Å². The highest BCUT2D eigenvalue weighted by Crippen LogP contribution is 2.31. The molecule has 1 fully saturated rings. The van der Waals surface area contributed by atoms with Gasteiger partial charge in [0.25, 0.3) is 5.91 Å². The number of halogens is 2. The Labute approximate surface area is 168 Å². The minimum Gasteiger partial charge on any atom is -0.482 e. The van der Waals surface area contributed by atoms with E-state index in [-0.39, 0.29) is 24.6 Å². The Morgan fingerprint density at radius 1 is 1.31 bits per heavy atom. The molecule has 1 aliphatic rings. The zero-order valence-corrected chi connectivity index (χ0v) is 16.9. The summed E-state index contributed by atoms with van der Waals surface area (Å²) in [5, 5.41) is 6.09. The average molecular weight is 413 g/mol. The van der Waals surface area contributed by atoms with Crippen LogP contribution < -0.4 is 10.1 Å². The van der Waals surface area contributed by atoms with Gasteiger partial charge in [0.2, 0.25) is 0 Å². The number of benzene rings is 1. The van der Waals surface area contributed by atoms with Crippen LogP contribution in [0.4, 0.5) is 0 Å². The number of nitrogens with zero attached hydrogens (tertiary/aromatic N) is 1. The molecule has 2 heterocycles. The molecule has 2 atom stereocenters. The molecule has 0 saturated carbocycles. The van der Waals surface area contributed by atoms with Crippen LogP contribution in [0.2, 0.25) is 10.0 Å². The maximum atomic E-state index is 12.4. The summed E-state index contributed by atoms with van der Waals surface area (Å²) in [7, 11) is 0. The third-order valence-corrected chi connectivity index (χ3v) is 5.96. The molecule has 140 valence electrons. The molecule has 1 aromatic heterocycles. The maximum absolute atomic E-state index is 12.4. The number of amides is 1. The Morgan fingerprint density at radius 2 is 2.08 bits per heavy atom. The quantitative estimate of drug-likeness (QED) is 0.711. The van der Waals surface area contributed by atoms with Crippen LogP contribution >= 0.6 is 34.5 Å². The molecule has 1 saturated heterocycles. The van der Waals surface area contributed by atoms with Crippen LogP contribution in [-0.4, -0.2) is 36.5 Å². The van der Waals surface area contributed by atoms with Crippen LogP contribution in [0.3, 0.4) is 0 Å². The van der Waals surface area contributed by atoms with Crippen molar-refractivity contribution in [3.63, 3.8) is 0 Å². The molecular weight excluding hydrogens is 391 g/mol. The largest absolute Gasteiger partial charge is 0.482 e. The van der Waals surface area contributed by atoms with Crippen LogP contribution in [0, 0.1) is 0 Å². The van der Waals surface area contributed by atoms with Gasteiger partial charge in [0, 0.05) is 15.9 Å². The molecule has 0 bridgehead atoms. The van der Waals surface area contributed by atoms with Crippen LogP contribution in [0.15, 0.2) is 35.7 Å². The van der Waals surface area contributed by atoms with Crippen LogP contribution in [-0.2, 0) is 4.79 Å². The minimum absolute atomic E-state index is 0.0106. The van der Waals surface area contributed by atoms with Crippen molar-refractivity contribution in [1.82, 2.24) is 10.2 Å². The van der Waals surface area contributed by atoms with Crippen LogP contribution in [0.1, 0.15) is 30.7 Å². The zero-order valence-electron chi connectivity index (χ0n) is 14.6. The number of ether oxygens (including phenoxy) is 1. The topological polar surface area (TPSA) is 41.6 Å². The highest BCUT2D eigenvalue weighted by Gasteiger charge is 2.30. The van der Waals surface area contributed by atoms with Gasteiger partial charge >= 0.3 is 0 Å². The number of likely N-dealkylation sites (tertiary alicyclic amines) is 1. The van der Waals surface area contributed by atoms with Crippen molar-refractivity contribution >= 4 is 40.4 Å². The molecule has 1 N–H and O–H groups in total. The van der Waals surface area contributed by atoms with Gasteiger partial charge in [0.05, 0.1) is 11.1 Å². The van der Waals surface area contributed by atoms with E-state index in [0.29, 0.717) is 15.8 Å². The molecule has 3 rings (SSSR count). The number of nitrogens with one attached hydrogen (secondary N) is 1. The first-order chi connectivity index (χ1) is 12.5. The highest BCUT2D eigenvalue weighted by molar-refractivity contribution is 7.10. The van der Waals surface area contributed by atoms with E-state index in [9.17, 15) is 4.79 Å². The van der Waals surface area contributed by atoms with Gasteiger partial charge in [-0.3, -0.25) is 9.69 Å². The molecule has 4 nitrogen and oxygen atoms in total. The third kappa shape index (κ3) is 4.92. The Morgan fingerprint density at radius 3 is 2.73 bits per heavy atom. The summed E-state index contributed by atoms with van der Waals surface area (Å²) in [5.74, 6) is 0.289. The summed E-state index contributed by atoms with van der Waals surface area (Å²) in [5.41, 5.74) is 0. The van der Waals surface area contributed by atoms with Crippen molar-refractivity contribution in [1.29, 1.82) is 0 Å². The van der Waals surface area contributed by atoms with Crippen molar-refractivity contribution < 1.29 is 9.53 Å². The second-order valence-electron chi connectivity index (χ2n) is 6.42. The van der Waals surface area contributed by atoms with Gasteiger partial charge in [-0.2, -0.15) is 0 Å². The molecule has 7 heteroatoms. The lowest BCUT2D eigenvalue weighted by molar-refractivity contribution is -0.124. The maximum Gasteiger partial charge on any atom is 0.258 e. The van der Waals surface area contributed by atoms with E-state index < -0.39 is 0 Å². The summed E-state index contributed by atoms with van der Waals surface area (Å²) >= 11 is 13.7. The molecule has 26 heavy (non-hydrogen) atoms. The number of rotatable bonds is 7. The number of hydrogen-bond acceptors (Lipinski definition) is 4. The van der Waals surface area contributed by atoms with E-state index in [0.717, 1.165) is 13.1 Å². The average Bonchev–Trinajstić information content (AvgIpc) is 3.28. The van der Waals surface area contributed by atoms with Crippen molar-refractivity contribution in [3.8, 4) is 5.75 Å². The van der Waals surface area contributed by atoms with Gasteiger partial charge < -0.3 is 10.1 Å². The van der Waals surface area contributed by atoms with E-state index in [1.807, 2.05) is 0 Å². The van der Waals surface area contributed by atoms with Gasteiger partial charge in [-0.25, -0.2) is 0 Å². The smallest absolute Gasteiger partial charge is 0.258 e. The number of hydrogen-bond donors (Lipinski definition) is 1. The molecule has 1 aromatic carbocycles. The fourth-order valence-electron chi connectivity index (χ4n) is 3.33. The van der Waals surface area contributed by atoms with Crippen molar-refractivity contribution in [2.24, 2.45) is 0 Å². The molecular formula is C19H22Cl2N2O2S. The molecule has 0 unspecified atom stereocenters. The Bertz CT molecular complexity index is 733. The van der Waals surface area contributed by atoms with E-state index in [1.54, 1.807) is 29.5 Å². The normalized spacial score (nSPS) is 17.0. The SMILES string of the molecule is C[C@@H](NC(=O)COc1ccc(Cl)cc1Cl)[C@H](c1cccs1)N1CCCC1. The lowest BCUT2D eigenvalue weighted by atomic mass is 10.1. The van der Waals surface area contributed by atoms with Crippen LogP contribution in [0.25, 0.3) is 0 Å². The van der Waals surface area contributed by atoms with Gasteiger partial charge in [-0.15, -0.1) is 11.3 Å². The van der Waals surface area contributed by atoms with Gasteiger partial charge in [0.1, 0.15) is 5.75 Å². The standard InChI is InChI=1S/C19H22Cl2N2O2S/c1-13(19(17-5-4-10-26-17)23-8-2-3-9-23)22-18(24)12-25-16-7-6-14(20)11-15(16)21/h4-7,10-11,13,19H,2-3,8-9,12H2,1H3,(H,22,24)/t13-,19-/m1/s1. The Balaban J connectivity index is 1.59. The predicted octanol–water partition coefficient (Wildman–Crippen LogP) is 4.78. The van der Waals surface area contributed by atoms with E-state index in [4.69, 9.17) is 27.9 Å². The van der Waals surface area contributed by atoms with Crippen LogP contribution in [0.5, 0.6) is 5.75 Å². The van der Waals surface area contributed by atoms with Crippen molar-refractivity contribution in [2.45, 2.75) is 31.8 Å². The molecule has 1 aliphatic heterocycles. The van der Waals surface area contributed by atoms with Crippen molar-refractivity contribution in [3.05, 3.63) is 50.6 Å². The second-order valence-corrected chi connectivity index (χ2v) is 8.25. The first-order valence-electron chi connectivity index (χ1n) is 8.69. The summed E-state index contributed by atoms with van der Waals surface area (Å²) in [6.45, 7) is 4.11. The summed E-state index contributed by atoms with van der Waals surface area (Å²) in [6, 6.07) is 9.33. The predicted molar refractivity (Wildman–Crippen MR) is 107 cm³/mol. The molecule has 0 aliphatic carbocycles. The molecule has 2 aromatic rings. The molecule has 1 amide bonds. The van der Waals surface area contributed by atoms with Gasteiger partial charge in [0.15, 0.2) is 6.61 Å². The monoisotopic (exact) mass is 412 g/mol. The first kappa shape index (κ1) is 19.5. The summed E-state index contributed by atoms with van der Waals surface area (Å²) in [4.78, 5) is 16.1. The number of thiophene rings is 1. The number of carbonyl (C=O) groups is 1. The minimum atomic E-state index is -0.163. The fourth-order valence-corrected chi connectivity index (χ4v) is 4.76. The highest BCUT2D eigenvalue weighted by atomic mass is 35.5. The second kappa shape index (κ2) is 9.09. The Kier molecular flexibility index (Phi) is 6.81. The zero-order chi connectivity index (χ0) is 18.5. The van der Waals surface area contributed by atoms with Crippen molar-refractivity contribution in [2.75, 3.05) is 19.7 Å². The fraction of sp³-hybridized carbons (Fsp3) is 0.421. The molecule has 0 spiro atoms. The Hall–Kier alpha value is -1.27. The lowest BCUT2D eigenvalue weighted by Gasteiger charge is -2.32. The van der Waals surface area contributed by atoms with E-state index in [1.165, 1.54) is 17.7 Å². The summed E-state index contributed by atoms with van der Waals surface area (Å²) < 4.78 is 5.54. The lowest BCUT2D eigenvalue weighted by Crippen LogP contribution is -2.45. The first-order valence-corrected chi connectivity index (χ1v) is 10.3. The number of carbonyl (C=O) groups excluding carboxylic acids is 1. The van der Waals surface area contributed by atoms with Gasteiger partial charge in [-0.1, -0.05) is 29.3 Å². The van der Waals surface area contributed by atoms with E-state index >= 15 is 0 Å². The van der Waals surface area contributed by atoms with E-state index in [2.05, 4.69) is 34.7 Å².